The van der Waals surface area contributed by atoms with E-state index < -0.39 is 142 Å². The summed E-state index contributed by atoms with van der Waals surface area (Å²) in [7, 11) is 0. The summed E-state index contributed by atoms with van der Waals surface area (Å²) in [6, 6.07) is 0. The zero-order chi connectivity index (χ0) is 32.4. The van der Waals surface area contributed by atoms with Crippen LogP contribution in [-0.4, -0.2) is 212 Å². The first-order valence-electron chi connectivity index (χ1n) is 14.6. The van der Waals surface area contributed by atoms with Crippen molar-refractivity contribution in [1.82, 2.24) is 0 Å². The lowest BCUT2D eigenvalue weighted by atomic mass is 9.92. The lowest BCUT2D eigenvalue weighted by molar-refractivity contribution is -0.404. The van der Waals surface area contributed by atoms with Gasteiger partial charge in [-0.05, 0) is 0 Å². The van der Waals surface area contributed by atoms with Crippen molar-refractivity contribution in [2.24, 2.45) is 0 Å². The maximum atomic E-state index is 11.1. The lowest BCUT2D eigenvalue weighted by Crippen LogP contribution is -2.70. The van der Waals surface area contributed by atoms with Gasteiger partial charge in [0.15, 0.2) is 18.9 Å². The normalized spacial score (nSPS) is 56.5. The molecule has 260 valence electrons. The van der Waals surface area contributed by atoms with Crippen molar-refractivity contribution in [3.8, 4) is 0 Å². The van der Waals surface area contributed by atoms with Gasteiger partial charge in [0.1, 0.15) is 104 Å². The molecule has 20 heteroatoms. The molecule has 11 N–H and O–H groups in total. The van der Waals surface area contributed by atoms with E-state index in [9.17, 15) is 56.2 Å². The molecule has 6 aliphatic heterocycles. The van der Waals surface area contributed by atoms with E-state index in [0.717, 1.165) is 0 Å². The third-order valence-corrected chi connectivity index (χ3v) is 9.15. The molecule has 0 unspecified atom stereocenters. The van der Waals surface area contributed by atoms with Gasteiger partial charge in [0.05, 0.1) is 26.4 Å². The fraction of sp³-hybridized carbons (Fsp3) is 1.00. The van der Waals surface area contributed by atoms with Crippen LogP contribution in [0.4, 0.5) is 0 Å². The number of fused-ring (bicyclic) bond motifs is 4. The van der Waals surface area contributed by atoms with E-state index in [4.69, 9.17) is 42.6 Å². The number of rotatable bonds is 9. The predicted octanol–water partition coefficient (Wildman–Crippen LogP) is -8.30. The molecule has 6 aliphatic rings. The lowest BCUT2D eigenvalue weighted by Gasteiger charge is -2.50. The Morgan fingerprint density at radius 1 is 0.578 bits per heavy atom. The molecule has 45 heavy (non-hydrogen) atoms. The summed E-state index contributed by atoms with van der Waals surface area (Å²) in [5.41, 5.74) is 0. The third-order valence-electron chi connectivity index (χ3n) is 9.15. The minimum absolute atomic E-state index is 0.0355. The van der Waals surface area contributed by atoms with Gasteiger partial charge in [-0.1, -0.05) is 0 Å². The summed E-state index contributed by atoms with van der Waals surface area (Å²) in [6.45, 7) is -2.80. The van der Waals surface area contributed by atoms with E-state index in [-0.39, 0.29) is 13.2 Å². The molecule has 0 radical (unpaired) electrons. The summed E-state index contributed by atoms with van der Waals surface area (Å²) in [4.78, 5) is 0. The van der Waals surface area contributed by atoms with Crippen molar-refractivity contribution in [2.75, 3.05) is 33.0 Å². The second-order valence-electron chi connectivity index (χ2n) is 11.9. The SMILES string of the molecule is OC[C@H]1O[C@@](CO)(O[C@@H]2[C@H]3OC[C@@H]2O[C@@H](O[C@@H]2[C@@H](O)[C@H](O[C@@H]4[C@H]5OC[C@@H]4O[C@@H](O)[C@H]5O)O[C@H](CO)[C@H]2O)[C@H]3O)[C@H](O)[C@@H](O)[C@H]1O. The van der Waals surface area contributed by atoms with Crippen LogP contribution >= 0.6 is 0 Å². The standard InChI is InChI=1S/C25H40O20/c26-1-6-11(30)18(14(33)23(40-6)42-16-8-3-37-19(16)13(32)22(36)39-8)43-24-15(34)20-17(9(41-24)4-38-20)45-25(5-28)21(35)12(31)10(29)7(2-27)44-25/h6-24,26-36H,1-5H2/t6-,7-,8+,9+,10+,11-,12+,13+,14-,15+,16+,17+,18+,19+,20+,21-,22-,23+,24+,25+/m1/s1. The maximum Gasteiger partial charge on any atom is 0.222 e. The molecule has 4 bridgehead atoms. The van der Waals surface area contributed by atoms with Gasteiger partial charge in [-0.15, -0.1) is 0 Å². The second kappa shape index (κ2) is 13.2. The molecule has 6 fully saturated rings. The van der Waals surface area contributed by atoms with Gasteiger partial charge in [0, 0.05) is 0 Å². The number of hydrogen-bond acceptors (Lipinski definition) is 20. The second-order valence-corrected chi connectivity index (χ2v) is 11.9. The highest BCUT2D eigenvalue weighted by molar-refractivity contribution is 5.03. The molecule has 20 atom stereocenters. The quantitative estimate of drug-likeness (QED) is 0.109. The van der Waals surface area contributed by atoms with Gasteiger partial charge in [0.25, 0.3) is 0 Å². The topological polar surface area (TPSA) is 306 Å². The van der Waals surface area contributed by atoms with E-state index in [1.807, 2.05) is 0 Å². The molecule has 0 aromatic carbocycles. The van der Waals surface area contributed by atoms with Crippen LogP contribution in [0.25, 0.3) is 0 Å². The zero-order valence-corrected chi connectivity index (χ0v) is 23.6. The van der Waals surface area contributed by atoms with Gasteiger partial charge in [-0.3, -0.25) is 0 Å². The number of aliphatic hydroxyl groups is 11. The highest BCUT2D eigenvalue weighted by Gasteiger charge is 2.61. The first-order valence-corrected chi connectivity index (χ1v) is 14.6. The first kappa shape index (κ1) is 34.1. The minimum atomic E-state index is -2.36. The fourth-order valence-electron chi connectivity index (χ4n) is 6.62. The van der Waals surface area contributed by atoms with Crippen LogP contribution in [0.1, 0.15) is 0 Å². The smallest absolute Gasteiger partial charge is 0.222 e. The zero-order valence-electron chi connectivity index (χ0n) is 23.6. The number of hydrogen-bond donors (Lipinski definition) is 11. The highest BCUT2D eigenvalue weighted by Crippen LogP contribution is 2.40. The van der Waals surface area contributed by atoms with Crippen molar-refractivity contribution < 1.29 is 98.8 Å². The van der Waals surface area contributed by atoms with Gasteiger partial charge < -0.3 is 98.8 Å². The van der Waals surface area contributed by atoms with Crippen LogP contribution in [0.3, 0.4) is 0 Å². The van der Waals surface area contributed by atoms with Crippen LogP contribution < -0.4 is 0 Å². The van der Waals surface area contributed by atoms with Crippen molar-refractivity contribution in [2.45, 2.75) is 122 Å². The predicted molar refractivity (Wildman–Crippen MR) is 133 cm³/mol. The van der Waals surface area contributed by atoms with Crippen molar-refractivity contribution in [1.29, 1.82) is 0 Å². The van der Waals surface area contributed by atoms with Crippen molar-refractivity contribution in [3.05, 3.63) is 0 Å². The molecule has 0 amide bonds. The Labute approximate surface area is 254 Å². The molecular weight excluding hydrogens is 620 g/mol. The molecule has 6 rings (SSSR count). The maximum absolute atomic E-state index is 11.1. The molecular formula is C25H40O20. The summed E-state index contributed by atoms with van der Waals surface area (Å²) in [5.74, 6) is -2.36. The summed E-state index contributed by atoms with van der Waals surface area (Å²) >= 11 is 0. The van der Waals surface area contributed by atoms with Crippen LogP contribution in [0.5, 0.6) is 0 Å². The average Bonchev–Trinajstić information content (AvgIpc) is 3.52. The van der Waals surface area contributed by atoms with E-state index in [1.54, 1.807) is 0 Å². The van der Waals surface area contributed by atoms with Crippen molar-refractivity contribution in [3.63, 3.8) is 0 Å². The first-order chi connectivity index (χ1) is 21.4. The Hall–Kier alpha value is -0.800. The van der Waals surface area contributed by atoms with Gasteiger partial charge in [-0.2, -0.15) is 0 Å². The van der Waals surface area contributed by atoms with Crippen LogP contribution in [0.15, 0.2) is 0 Å². The van der Waals surface area contributed by atoms with Crippen LogP contribution in [0.2, 0.25) is 0 Å². The number of aliphatic hydroxyl groups excluding tert-OH is 11. The van der Waals surface area contributed by atoms with Crippen LogP contribution in [0, 0.1) is 0 Å². The molecule has 0 aromatic rings. The molecule has 0 spiro atoms. The third kappa shape index (κ3) is 5.82. The highest BCUT2D eigenvalue weighted by atomic mass is 16.8. The molecule has 0 aromatic heterocycles. The van der Waals surface area contributed by atoms with Crippen molar-refractivity contribution >= 4 is 0 Å². The molecule has 0 saturated carbocycles. The molecule has 20 nitrogen and oxygen atoms in total. The Bertz CT molecular complexity index is 1010. The monoisotopic (exact) mass is 660 g/mol. The van der Waals surface area contributed by atoms with E-state index >= 15 is 0 Å². The van der Waals surface area contributed by atoms with Gasteiger partial charge in [0.2, 0.25) is 5.79 Å². The van der Waals surface area contributed by atoms with Crippen LogP contribution in [-0.2, 0) is 42.6 Å². The Morgan fingerprint density at radius 2 is 1.18 bits per heavy atom. The van der Waals surface area contributed by atoms with E-state index in [2.05, 4.69) is 0 Å². The molecule has 6 heterocycles. The minimum Gasteiger partial charge on any atom is -0.394 e. The Morgan fingerprint density at radius 3 is 1.82 bits per heavy atom. The molecule has 0 aliphatic carbocycles. The van der Waals surface area contributed by atoms with E-state index in [1.165, 1.54) is 0 Å². The molecule has 6 saturated heterocycles. The largest absolute Gasteiger partial charge is 0.394 e. The van der Waals surface area contributed by atoms with Gasteiger partial charge >= 0.3 is 0 Å². The van der Waals surface area contributed by atoms with Gasteiger partial charge in [-0.25, -0.2) is 0 Å². The Balaban J connectivity index is 1.15. The fourth-order valence-corrected chi connectivity index (χ4v) is 6.62. The summed E-state index contributed by atoms with van der Waals surface area (Å²) in [6.07, 6.45) is -27.7. The average molecular weight is 661 g/mol. The number of ether oxygens (including phenoxy) is 9. The summed E-state index contributed by atoms with van der Waals surface area (Å²) < 4.78 is 50.7. The summed E-state index contributed by atoms with van der Waals surface area (Å²) in [5, 5.41) is 114. The Kier molecular flexibility index (Phi) is 10.0. The van der Waals surface area contributed by atoms with E-state index in [0.29, 0.717) is 0 Å².